The van der Waals surface area contributed by atoms with E-state index in [4.69, 9.17) is 4.74 Å². The Bertz CT molecular complexity index is 1050. The Morgan fingerprint density at radius 2 is 1.77 bits per heavy atom. The van der Waals surface area contributed by atoms with E-state index in [9.17, 15) is 22.8 Å². The number of ether oxygens (including phenoxy) is 2. The van der Waals surface area contributed by atoms with Crippen molar-refractivity contribution in [3.63, 3.8) is 0 Å². The number of anilines is 1. The van der Waals surface area contributed by atoms with Gasteiger partial charge >= 0.3 is 12.3 Å². The van der Waals surface area contributed by atoms with Crippen LogP contribution in [-0.2, 0) is 9.53 Å². The van der Waals surface area contributed by atoms with E-state index >= 15 is 0 Å². The summed E-state index contributed by atoms with van der Waals surface area (Å²) in [7, 11) is 0. The van der Waals surface area contributed by atoms with Gasteiger partial charge in [0.25, 0.3) is 5.91 Å². The number of para-hydroxylation sites is 1. The Morgan fingerprint density at radius 3 is 2.39 bits per heavy atom. The zero-order valence-electron chi connectivity index (χ0n) is 16.1. The Hall–Kier alpha value is -3.47. The summed E-state index contributed by atoms with van der Waals surface area (Å²) in [5.74, 6) is -1.83. The molecule has 7 nitrogen and oxygen atoms in total. The van der Waals surface area contributed by atoms with Gasteiger partial charge in [0.15, 0.2) is 17.5 Å². The first-order chi connectivity index (χ1) is 14.8. The highest BCUT2D eigenvalue weighted by molar-refractivity contribution is 7.98. The number of nitrogens with zero attached hydrogens (tertiary/aromatic N) is 2. The first kappa shape index (κ1) is 22.2. The van der Waals surface area contributed by atoms with Crippen molar-refractivity contribution in [2.45, 2.75) is 11.5 Å². The van der Waals surface area contributed by atoms with Crippen LogP contribution in [0.5, 0.6) is 5.75 Å². The molecule has 0 spiro atoms. The van der Waals surface area contributed by atoms with Crippen LogP contribution < -0.4 is 10.1 Å². The summed E-state index contributed by atoms with van der Waals surface area (Å²) < 4.78 is 47.0. The number of alkyl halides is 3. The van der Waals surface area contributed by atoms with Crippen LogP contribution in [0.2, 0.25) is 0 Å². The lowest BCUT2D eigenvalue weighted by Crippen LogP contribution is -2.22. The monoisotopic (exact) mass is 451 g/mol. The minimum Gasteiger partial charge on any atom is -0.451 e. The van der Waals surface area contributed by atoms with Crippen LogP contribution in [-0.4, -0.2) is 40.7 Å². The molecule has 0 bridgehead atoms. The van der Waals surface area contributed by atoms with Gasteiger partial charge in [-0.25, -0.2) is 9.78 Å². The van der Waals surface area contributed by atoms with Crippen LogP contribution in [0, 0.1) is 0 Å². The maximum absolute atomic E-state index is 12.5. The fourth-order valence-corrected chi connectivity index (χ4v) is 3.14. The average molecular weight is 451 g/mol. The number of benzene rings is 2. The molecule has 3 rings (SSSR count). The molecule has 0 saturated carbocycles. The number of thioether (sulfide) groups is 1. The largest absolute Gasteiger partial charge is 0.573 e. The molecule has 1 heterocycles. The number of amides is 1. The highest BCUT2D eigenvalue weighted by Gasteiger charge is 2.31. The van der Waals surface area contributed by atoms with Crippen molar-refractivity contribution in [2.24, 2.45) is 0 Å². The van der Waals surface area contributed by atoms with Gasteiger partial charge < -0.3 is 14.8 Å². The lowest BCUT2D eigenvalue weighted by molar-refractivity contribution is -0.274. The van der Waals surface area contributed by atoms with Crippen molar-refractivity contribution >= 4 is 29.3 Å². The topological polar surface area (TPSA) is 82.4 Å². The van der Waals surface area contributed by atoms with Crippen molar-refractivity contribution in [1.29, 1.82) is 0 Å². The first-order valence-corrected chi connectivity index (χ1v) is 9.99. The van der Waals surface area contributed by atoms with E-state index in [1.54, 1.807) is 16.7 Å². The van der Waals surface area contributed by atoms with Gasteiger partial charge in [0.1, 0.15) is 5.75 Å². The molecule has 0 aliphatic heterocycles. The third-order valence-electron chi connectivity index (χ3n) is 3.84. The van der Waals surface area contributed by atoms with Crippen LogP contribution in [0.15, 0.2) is 66.0 Å². The summed E-state index contributed by atoms with van der Waals surface area (Å²) >= 11 is 1.34. The molecule has 0 atom stereocenters. The summed E-state index contributed by atoms with van der Waals surface area (Å²) in [6.45, 7) is -0.589. The van der Waals surface area contributed by atoms with Crippen LogP contribution >= 0.6 is 11.8 Å². The van der Waals surface area contributed by atoms with Crippen molar-refractivity contribution in [2.75, 3.05) is 18.2 Å². The van der Waals surface area contributed by atoms with Crippen LogP contribution in [0.1, 0.15) is 10.5 Å². The molecule has 0 unspecified atom stereocenters. The number of halogens is 3. The van der Waals surface area contributed by atoms with Gasteiger partial charge in [0.05, 0.1) is 6.20 Å². The SMILES string of the molecule is CSc1ncc(C(=O)OCC(=O)Nc2ccc(OC(F)(F)F)cc2)n1-c1ccccc1. The van der Waals surface area contributed by atoms with Crippen LogP contribution in [0.3, 0.4) is 0 Å². The number of carbonyl (C=O) groups excluding carboxylic acids is 2. The summed E-state index contributed by atoms with van der Waals surface area (Å²) in [5.41, 5.74) is 1.08. The smallest absolute Gasteiger partial charge is 0.451 e. The van der Waals surface area contributed by atoms with Crippen molar-refractivity contribution < 1.29 is 32.2 Å². The van der Waals surface area contributed by atoms with E-state index in [2.05, 4.69) is 15.0 Å². The molecule has 162 valence electrons. The molecule has 0 aliphatic rings. The number of rotatable bonds is 7. The number of nitrogens with one attached hydrogen (secondary N) is 1. The molecule has 31 heavy (non-hydrogen) atoms. The Balaban J connectivity index is 1.61. The lowest BCUT2D eigenvalue weighted by Gasteiger charge is -2.11. The summed E-state index contributed by atoms with van der Waals surface area (Å²) in [5, 5.41) is 2.99. The zero-order valence-corrected chi connectivity index (χ0v) is 16.9. The van der Waals surface area contributed by atoms with Gasteiger partial charge in [0, 0.05) is 11.4 Å². The number of imidazole rings is 1. The molecule has 2 aromatic carbocycles. The second-order valence-corrected chi connectivity index (χ2v) is 6.77. The first-order valence-electron chi connectivity index (χ1n) is 8.77. The zero-order chi connectivity index (χ0) is 22.4. The second kappa shape index (κ2) is 9.56. The minimum absolute atomic E-state index is 0.150. The van der Waals surface area contributed by atoms with Gasteiger partial charge in [-0.2, -0.15) is 0 Å². The normalized spacial score (nSPS) is 11.1. The molecular weight excluding hydrogens is 435 g/mol. The Morgan fingerprint density at radius 1 is 1.10 bits per heavy atom. The molecular formula is C20H16F3N3O4S. The predicted molar refractivity (Wildman–Crippen MR) is 107 cm³/mol. The van der Waals surface area contributed by atoms with Crippen LogP contribution in [0.25, 0.3) is 5.69 Å². The fraction of sp³-hybridized carbons (Fsp3) is 0.150. The molecule has 0 aliphatic carbocycles. The maximum atomic E-state index is 12.5. The fourth-order valence-electron chi connectivity index (χ4n) is 2.59. The molecule has 0 radical (unpaired) electrons. The number of esters is 1. The third-order valence-corrected chi connectivity index (χ3v) is 4.49. The summed E-state index contributed by atoms with van der Waals surface area (Å²) in [4.78, 5) is 28.8. The molecule has 1 amide bonds. The standard InChI is InChI=1S/C20H16F3N3O4S/c1-31-19-24-11-16(26(19)14-5-3-2-4-6-14)18(28)29-12-17(27)25-13-7-9-15(10-8-13)30-20(21,22)23/h2-11H,12H2,1H3,(H,25,27). The van der Waals surface area contributed by atoms with E-state index < -0.39 is 30.6 Å². The van der Waals surface area contributed by atoms with Crippen LogP contribution in [0.4, 0.5) is 18.9 Å². The van der Waals surface area contributed by atoms with Crippen molar-refractivity contribution in [1.82, 2.24) is 9.55 Å². The van der Waals surface area contributed by atoms with E-state index in [-0.39, 0.29) is 11.4 Å². The number of aromatic nitrogens is 2. The third kappa shape index (κ3) is 6.01. The van der Waals surface area contributed by atoms with Gasteiger partial charge in [-0.15, -0.1) is 13.2 Å². The van der Waals surface area contributed by atoms with E-state index in [0.717, 1.165) is 12.1 Å². The van der Waals surface area contributed by atoms with Gasteiger partial charge in [-0.1, -0.05) is 30.0 Å². The maximum Gasteiger partial charge on any atom is 0.573 e. The number of carbonyl (C=O) groups is 2. The van der Waals surface area contributed by atoms with E-state index in [1.807, 2.05) is 24.5 Å². The second-order valence-electron chi connectivity index (χ2n) is 6.00. The Kier molecular flexibility index (Phi) is 6.85. The van der Waals surface area contributed by atoms with E-state index in [0.29, 0.717) is 10.8 Å². The quantitative estimate of drug-likeness (QED) is 0.426. The Labute approximate surface area is 179 Å². The highest BCUT2D eigenvalue weighted by Crippen LogP contribution is 2.24. The summed E-state index contributed by atoms with van der Waals surface area (Å²) in [6.07, 6.45) is -1.63. The van der Waals surface area contributed by atoms with Gasteiger partial charge in [-0.05, 0) is 42.7 Å². The lowest BCUT2D eigenvalue weighted by atomic mass is 10.3. The molecule has 11 heteroatoms. The van der Waals surface area contributed by atoms with E-state index in [1.165, 1.54) is 30.1 Å². The molecule has 3 aromatic rings. The highest BCUT2D eigenvalue weighted by atomic mass is 32.2. The average Bonchev–Trinajstić information content (AvgIpc) is 3.17. The number of hydrogen-bond acceptors (Lipinski definition) is 6. The molecule has 1 N–H and O–H groups in total. The predicted octanol–water partition coefficient (Wildman–Crippen LogP) is 4.29. The molecule has 0 saturated heterocycles. The van der Waals surface area contributed by atoms with Crippen molar-refractivity contribution in [3.8, 4) is 11.4 Å². The van der Waals surface area contributed by atoms with Gasteiger partial charge in [0.2, 0.25) is 0 Å². The summed E-state index contributed by atoms with van der Waals surface area (Å²) in [6, 6.07) is 13.6. The van der Waals surface area contributed by atoms with Gasteiger partial charge in [-0.3, -0.25) is 9.36 Å². The van der Waals surface area contributed by atoms with Crippen molar-refractivity contribution in [3.05, 3.63) is 66.5 Å². The molecule has 0 fully saturated rings. The number of hydrogen-bond donors (Lipinski definition) is 1. The minimum atomic E-state index is -4.80. The molecule has 1 aromatic heterocycles.